The third-order valence-corrected chi connectivity index (χ3v) is 6.59. The van der Waals surface area contributed by atoms with Crippen molar-refractivity contribution in [2.45, 2.75) is 63.6 Å². The summed E-state index contributed by atoms with van der Waals surface area (Å²) in [4.78, 5) is 3.57. The van der Waals surface area contributed by atoms with Crippen LogP contribution in [0.3, 0.4) is 0 Å². The summed E-state index contributed by atoms with van der Waals surface area (Å²) in [5.74, 6) is -1.93. The molecule has 0 N–H and O–H groups in total. The summed E-state index contributed by atoms with van der Waals surface area (Å²) in [5, 5.41) is 0.118. The highest BCUT2D eigenvalue weighted by Gasteiger charge is 2.43. The van der Waals surface area contributed by atoms with Crippen molar-refractivity contribution in [2.75, 3.05) is 0 Å². The first kappa shape index (κ1) is 22.3. The van der Waals surface area contributed by atoms with Crippen molar-refractivity contribution >= 4 is 28.0 Å². The number of hydrogen-bond acceptors (Lipinski definition) is 3. The second-order valence-corrected chi connectivity index (χ2v) is 10.2. The molecule has 27 heavy (non-hydrogen) atoms. The van der Waals surface area contributed by atoms with Crippen molar-refractivity contribution in [3.8, 4) is 0 Å². The minimum atomic E-state index is -4.62. The second-order valence-electron chi connectivity index (χ2n) is 7.46. The van der Waals surface area contributed by atoms with Gasteiger partial charge in [-0.2, -0.15) is 30.7 Å². The number of thiazole rings is 1. The Kier molecular flexibility index (Phi) is 6.45. The second kappa shape index (κ2) is 7.81. The largest absolute Gasteiger partial charge is 0.443 e. The summed E-state index contributed by atoms with van der Waals surface area (Å²) >= 11 is 0.392. The lowest BCUT2D eigenvalue weighted by Crippen LogP contribution is -2.31. The van der Waals surface area contributed by atoms with Crippen LogP contribution in [-0.2, 0) is 17.2 Å². The van der Waals surface area contributed by atoms with Crippen LogP contribution in [0.1, 0.15) is 57.2 Å². The van der Waals surface area contributed by atoms with E-state index in [4.69, 9.17) is 0 Å². The zero-order valence-corrected chi connectivity index (χ0v) is 16.6. The number of nitrogens with zero attached hydrogens (tertiary/aromatic N) is 2. The van der Waals surface area contributed by atoms with Crippen molar-refractivity contribution in [1.82, 2.24) is 4.98 Å². The van der Waals surface area contributed by atoms with E-state index in [2.05, 4.69) is 9.38 Å². The minimum Gasteiger partial charge on any atom is -0.234 e. The van der Waals surface area contributed by atoms with Gasteiger partial charge in [0, 0.05) is 11.3 Å². The summed E-state index contributed by atoms with van der Waals surface area (Å²) in [5.41, 5.74) is 0.0519. The minimum absolute atomic E-state index is 0.0552. The number of alkyl halides is 6. The maximum atomic E-state index is 12.9. The molecule has 0 unspecified atom stereocenters. The Balaban J connectivity index is 2.33. The molecule has 11 heteroatoms. The van der Waals surface area contributed by atoms with E-state index in [1.807, 2.05) is 0 Å². The summed E-state index contributed by atoms with van der Waals surface area (Å²) in [7, 11) is -1.76. The quantitative estimate of drug-likeness (QED) is 0.447. The van der Waals surface area contributed by atoms with Crippen LogP contribution < -0.4 is 0 Å². The van der Waals surface area contributed by atoms with Gasteiger partial charge in [-0.05, 0) is 46.5 Å². The lowest BCUT2D eigenvalue weighted by atomic mass is 9.79. The first-order valence-electron chi connectivity index (χ1n) is 8.30. The number of rotatable bonds is 3. The molecular formula is C16H20F6N2OS2. The van der Waals surface area contributed by atoms with Crippen LogP contribution in [0.2, 0.25) is 0 Å². The standard InChI is InChI=1S/C16H20F6N2OS2/c1-14(2,3)27(25)24-12(11-8-26-13(23-11)16(20,21)22)9-4-6-10(7-5-9)15(17,18)19/h8-10H,4-7H2,1-3H3/b24-12+/t9?,10?,27-/m1/s1. The lowest BCUT2D eigenvalue weighted by molar-refractivity contribution is -0.182. The molecule has 1 heterocycles. The molecule has 0 amide bonds. The zero-order valence-electron chi connectivity index (χ0n) is 14.9. The Labute approximate surface area is 159 Å². The molecule has 1 saturated carbocycles. The smallest absolute Gasteiger partial charge is 0.234 e. The molecule has 0 saturated heterocycles. The predicted octanol–water partition coefficient (Wildman–Crippen LogP) is 5.78. The summed E-state index contributed by atoms with van der Waals surface area (Å²) in [6, 6.07) is 0. The van der Waals surface area contributed by atoms with Crippen molar-refractivity contribution in [3.05, 3.63) is 16.1 Å². The fourth-order valence-corrected chi connectivity index (χ4v) is 4.15. The number of aromatic nitrogens is 1. The molecule has 1 aliphatic rings. The highest BCUT2D eigenvalue weighted by molar-refractivity contribution is 7.85. The Bertz CT molecular complexity index is 710. The molecule has 1 aromatic rings. The van der Waals surface area contributed by atoms with Gasteiger partial charge in [0.1, 0.15) is 11.0 Å². The van der Waals surface area contributed by atoms with Crippen LogP contribution in [0.15, 0.2) is 9.78 Å². The molecule has 0 aliphatic heterocycles. The highest BCUT2D eigenvalue weighted by atomic mass is 32.2. The maximum absolute atomic E-state index is 12.9. The van der Waals surface area contributed by atoms with Crippen LogP contribution in [-0.4, -0.2) is 25.8 Å². The van der Waals surface area contributed by atoms with Crippen LogP contribution in [0.4, 0.5) is 26.3 Å². The van der Waals surface area contributed by atoms with Gasteiger partial charge in [-0.15, -0.1) is 11.3 Å². The van der Waals surface area contributed by atoms with E-state index < -0.39 is 44.9 Å². The summed E-state index contributed by atoms with van der Waals surface area (Å²) in [6.45, 7) is 4.98. The number of hydrogen-bond donors (Lipinski definition) is 0. The van der Waals surface area contributed by atoms with Crippen LogP contribution in [0, 0.1) is 11.8 Å². The normalized spacial score (nSPS) is 24.1. The van der Waals surface area contributed by atoms with Gasteiger partial charge in [0.05, 0.1) is 22.1 Å². The first-order chi connectivity index (χ1) is 12.2. The topological polar surface area (TPSA) is 42.3 Å². The molecule has 0 bridgehead atoms. The Morgan fingerprint density at radius 3 is 2.07 bits per heavy atom. The van der Waals surface area contributed by atoms with E-state index in [9.17, 15) is 30.6 Å². The average Bonchev–Trinajstić information content (AvgIpc) is 3.00. The Hall–Kier alpha value is -0.970. The van der Waals surface area contributed by atoms with Crippen molar-refractivity contribution in [2.24, 2.45) is 16.2 Å². The fraction of sp³-hybridized carbons (Fsp3) is 0.750. The third-order valence-electron chi connectivity index (χ3n) is 4.29. The fourth-order valence-electron chi connectivity index (χ4n) is 2.77. The Morgan fingerprint density at radius 2 is 1.67 bits per heavy atom. The van der Waals surface area contributed by atoms with Crippen LogP contribution >= 0.6 is 11.3 Å². The van der Waals surface area contributed by atoms with E-state index in [1.165, 1.54) is 5.38 Å². The summed E-state index contributed by atoms with van der Waals surface area (Å²) < 4.78 is 93.0. The third kappa shape index (κ3) is 5.75. The van der Waals surface area contributed by atoms with Crippen LogP contribution in [0.5, 0.6) is 0 Å². The summed E-state index contributed by atoms with van der Waals surface area (Å²) in [6.07, 6.45) is -8.95. The van der Waals surface area contributed by atoms with Crippen molar-refractivity contribution in [1.29, 1.82) is 0 Å². The van der Waals surface area contributed by atoms with Gasteiger partial charge in [0.15, 0.2) is 5.01 Å². The molecule has 1 aliphatic carbocycles. The van der Waals surface area contributed by atoms with E-state index in [0.29, 0.717) is 11.3 Å². The number of halogens is 6. The van der Waals surface area contributed by atoms with Gasteiger partial charge in [-0.1, -0.05) is 0 Å². The van der Waals surface area contributed by atoms with Gasteiger partial charge < -0.3 is 0 Å². The highest BCUT2D eigenvalue weighted by Crippen LogP contribution is 2.41. The molecule has 2 rings (SSSR count). The molecule has 1 atom stereocenters. The van der Waals surface area contributed by atoms with Gasteiger partial charge in [0.25, 0.3) is 0 Å². The molecule has 1 aromatic heterocycles. The average molecular weight is 434 g/mol. The van der Waals surface area contributed by atoms with Gasteiger partial charge >= 0.3 is 12.4 Å². The first-order valence-corrected chi connectivity index (χ1v) is 10.3. The molecule has 3 nitrogen and oxygen atoms in total. The lowest BCUT2D eigenvalue weighted by Gasteiger charge is -2.30. The van der Waals surface area contributed by atoms with E-state index in [0.717, 1.165) is 0 Å². The SMILES string of the molecule is CC(C)(C)[S@@](=O)/N=C(/c1csc(C(F)(F)F)n1)C1CCC(C(F)(F)F)CC1. The van der Waals surface area contributed by atoms with Crippen LogP contribution in [0.25, 0.3) is 0 Å². The molecule has 154 valence electrons. The predicted molar refractivity (Wildman–Crippen MR) is 93.1 cm³/mol. The maximum Gasteiger partial charge on any atom is 0.443 e. The van der Waals surface area contributed by atoms with E-state index in [-0.39, 0.29) is 37.1 Å². The van der Waals surface area contributed by atoms with Crippen molar-refractivity contribution in [3.63, 3.8) is 0 Å². The van der Waals surface area contributed by atoms with Gasteiger partial charge in [-0.25, -0.2) is 9.19 Å². The Morgan fingerprint density at radius 1 is 1.11 bits per heavy atom. The monoisotopic (exact) mass is 434 g/mol. The van der Waals surface area contributed by atoms with Crippen molar-refractivity contribution < 1.29 is 30.6 Å². The van der Waals surface area contributed by atoms with E-state index >= 15 is 0 Å². The van der Waals surface area contributed by atoms with Gasteiger partial charge in [0.2, 0.25) is 0 Å². The van der Waals surface area contributed by atoms with E-state index in [1.54, 1.807) is 20.8 Å². The molecule has 0 radical (unpaired) electrons. The molecule has 0 spiro atoms. The van der Waals surface area contributed by atoms with Gasteiger partial charge in [-0.3, -0.25) is 0 Å². The molecule has 0 aromatic carbocycles. The zero-order chi connectivity index (χ0) is 20.6. The molecular weight excluding hydrogens is 414 g/mol. The molecule has 1 fully saturated rings.